The first-order valence-electron chi connectivity index (χ1n) is 5.90. The summed E-state index contributed by atoms with van der Waals surface area (Å²) in [6, 6.07) is 8.79. The van der Waals surface area contributed by atoms with Crippen LogP contribution in [0.15, 0.2) is 36.4 Å². The molecule has 108 valence electrons. The maximum Gasteiger partial charge on any atom is 0.282 e. The molecule has 7 heteroatoms. The summed E-state index contributed by atoms with van der Waals surface area (Å²) in [5.74, 6) is -0.621. The molecule has 0 spiro atoms. The van der Waals surface area contributed by atoms with Gasteiger partial charge in [0.05, 0.1) is 4.92 Å². The maximum atomic E-state index is 12.2. The summed E-state index contributed by atoms with van der Waals surface area (Å²) in [6.45, 7) is 1.83. The van der Waals surface area contributed by atoms with Crippen molar-refractivity contribution in [3.63, 3.8) is 0 Å². The quantitative estimate of drug-likeness (QED) is 0.669. The highest BCUT2D eigenvalue weighted by atomic mass is 35.5. The molecule has 0 aliphatic heterocycles. The number of nitrogens with zero attached hydrogens (tertiary/aromatic N) is 1. The van der Waals surface area contributed by atoms with Crippen LogP contribution < -0.4 is 5.32 Å². The van der Waals surface area contributed by atoms with Gasteiger partial charge in [0, 0.05) is 21.8 Å². The Labute approximate surface area is 130 Å². The molecule has 0 saturated carbocycles. The molecular weight excluding hydrogens is 315 g/mol. The van der Waals surface area contributed by atoms with E-state index in [1.54, 1.807) is 18.2 Å². The van der Waals surface area contributed by atoms with Crippen molar-refractivity contribution in [3.8, 4) is 0 Å². The van der Waals surface area contributed by atoms with Gasteiger partial charge in [-0.15, -0.1) is 0 Å². The molecule has 1 N–H and O–H groups in total. The van der Waals surface area contributed by atoms with Gasteiger partial charge in [0.2, 0.25) is 0 Å². The van der Waals surface area contributed by atoms with Crippen molar-refractivity contribution >= 4 is 40.5 Å². The predicted molar refractivity (Wildman–Crippen MR) is 82.2 cm³/mol. The van der Waals surface area contributed by atoms with E-state index in [-0.39, 0.29) is 16.3 Å². The lowest BCUT2D eigenvalue weighted by Crippen LogP contribution is -2.14. The number of anilines is 1. The average Bonchev–Trinajstić information content (AvgIpc) is 2.42. The summed E-state index contributed by atoms with van der Waals surface area (Å²) < 4.78 is 0. The number of rotatable bonds is 3. The molecule has 0 fully saturated rings. The molecule has 0 aliphatic carbocycles. The lowest BCUT2D eigenvalue weighted by molar-refractivity contribution is -0.385. The molecule has 0 aliphatic rings. The number of benzene rings is 2. The number of hydrogen-bond acceptors (Lipinski definition) is 3. The Morgan fingerprint density at radius 3 is 2.52 bits per heavy atom. The molecule has 5 nitrogen and oxygen atoms in total. The van der Waals surface area contributed by atoms with Gasteiger partial charge in [0.1, 0.15) is 5.56 Å². The SMILES string of the molecule is Cc1ccc(NC(=O)c2cc(Cl)ccc2[N+](=O)[O-])cc1Cl. The van der Waals surface area contributed by atoms with Gasteiger partial charge in [0.15, 0.2) is 0 Å². The van der Waals surface area contributed by atoms with Crippen molar-refractivity contribution in [2.24, 2.45) is 0 Å². The van der Waals surface area contributed by atoms with E-state index >= 15 is 0 Å². The molecule has 21 heavy (non-hydrogen) atoms. The Balaban J connectivity index is 2.34. The summed E-state index contributed by atoms with van der Waals surface area (Å²) in [5, 5.41) is 14.2. The third-order valence-electron chi connectivity index (χ3n) is 2.83. The minimum Gasteiger partial charge on any atom is -0.322 e. The van der Waals surface area contributed by atoms with E-state index in [1.807, 2.05) is 6.92 Å². The summed E-state index contributed by atoms with van der Waals surface area (Å²) in [6.07, 6.45) is 0. The molecule has 0 unspecified atom stereocenters. The van der Waals surface area contributed by atoms with E-state index in [1.165, 1.54) is 18.2 Å². The van der Waals surface area contributed by atoms with Gasteiger partial charge >= 0.3 is 0 Å². The first kappa shape index (κ1) is 15.3. The molecule has 0 bridgehead atoms. The van der Waals surface area contributed by atoms with Crippen LogP contribution in [0.2, 0.25) is 10.0 Å². The molecule has 0 aromatic heterocycles. The normalized spacial score (nSPS) is 10.2. The average molecular weight is 325 g/mol. The van der Waals surface area contributed by atoms with Crippen LogP contribution in [0.1, 0.15) is 15.9 Å². The standard InChI is InChI=1S/C14H10Cl2N2O3/c1-8-2-4-10(7-12(8)16)17-14(19)11-6-9(15)3-5-13(11)18(20)21/h2-7H,1H3,(H,17,19). The number of hydrogen-bond donors (Lipinski definition) is 1. The number of carbonyl (C=O) groups is 1. The fraction of sp³-hybridized carbons (Fsp3) is 0.0714. The van der Waals surface area contributed by atoms with Crippen LogP contribution in [0.25, 0.3) is 0 Å². The van der Waals surface area contributed by atoms with Gasteiger partial charge in [-0.1, -0.05) is 29.3 Å². The van der Waals surface area contributed by atoms with Crippen LogP contribution in [0.4, 0.5) is 11.4 Å². The first-order chi connectivity index (χ1) is 9.88. The van der Waals surface area contributed by atoms with E-state index < -0.39 is 10.8 Å². The Morgan fingerprint density at radius 2 is 1.90 bits per heavy atom. The second-order valence-electron chi connectivity index (χ2n) is 4.34. The highest BCUT2D eigenvalue weighted by Crippen LogP contribution is 2.25. The Bertz CT molecular complexity index is 732. The molecule has 2 rings (SSSR count). The zero-order valence-corrected chi connectivity index (χ0v) is 12.4. The highest BCUT2D eigenvalue weighted by molar-refractivity contribution is 6.32. The Morgan fingerprint density at radius 1 is 1.19 bits per heavy atom. The maximum absolute atomic E-state index is 12.2. The topological polar surface area (TPSA) is 72.2 Å². The summed E-state index contributed by atoms with van der Waals surface area (Å²) in [4.78, 5) is 22.5. The van der Waals surface area contributed by atoms with Gasteiger partial charge in [-0.25, -0.2) is 0 Å². The van der Waals surface area contributed by atoms with Gasteiger partial charge in [-0.3, -0.25) is 14.9 Å². The molecule has 0 atom stereocenters. The van der Waals surface area contributed by atoms with Crippen LogP contribution in [0, 0.1) is 17.0 Å². The fourth-order valence-corrected chi connectivity index (χ4v) is 2.07. The van der Waals surface area contributed by atoms with Crippen LogP contribution in [-0.2, 0) is 0 Å². The molecule has 1 amide bonds. The number of halogens is 2. The van der Waals surface area contributed by atoms with Gasteiger partial charge in [-0.05, 0) is 36.8 Å². The van der Waals surface area contributed by atoms with E-state index in [0.29, 0.717) is 10.7 Å². The van der Waals surface area contributed by atoms with Crippen LogP contribution in [-0.4, -0.2) is 10.8 Å². The number of aryl methyl sites for hydroxylation is 1. The highest BCUT2D eigenvalue weighted by Gasteiger charge is 2.20. The Hall–Kier alpha value is -2.11. The number of nitro benzene ring substituents is 1. The third kappa shape index (κ3) is 3.51. The van der Waals surface area contributed by atoms with Crippen molar-refractivity contribution in [3.05, 3.63) is 67.7 Å². The smallest absolute Gasteiger partial charge is 0.282 e. The number of nitro groups is 1. The van der Waals surface area contributed by atoms with E-state index in [9.17, 15) is 14.9 Å². The minimum atomic E-state index is -0.632. The number of carbonyl (C=O) groups excluding carboxylic acids is 1. The van der Waals surface area contributed by atoms with E-state index in [2.05, 4.69) is 5.32 Å². The summed E-state index contributed by atoms with van der Waals surface area (Å²) >= 11 is 11.8. The van der Waals surface area contributed by atoms with Crippen LogP contribution >= 0.6 is 23.2 Å². The monoisotopic (exact) mass is 324 g/mol. The number of amides is 1. The third-order valence-corrected chi connectivity index (χ3v) is 3.47. The van der Waals surface area contributed by atoms with Crippen LogP contribution in [0.5, 0.6) is 0 Å². The van der Waals surface area contributed by atoms with E-state index in [4.69, 9.17) is 23.2 Å². The lowest BCUT2D eigenvalue weighted by Gasteiger charge is -2.07. The van der Waals surface area contributed by atoms with Crippen molar-refractivity contribution < 1.29 is 9.72 Å². The minimum absolute atomic E-state index is 0.107. The van der Waals surface area contributed by atoms with Gasteiger partial charge in [-0.2, -0.15) is 0 Å². The number of nitrogens with one attached hydrogen (secondary N) is 1. The van der Waals surface area contributed by atoms with Gasteiger partial charge < -0.3 is 5.32 Å². The largest absolute Gasteiger partial charge is 0.322 e. The van der Waals surface area contributed by atoms with Crippen molar-refractivity contribution in [1.29, 1.82) is 0 Å². The zero-order valence-electron chi connectivity index (χ0n) is 10.9. The van der Waals surface area contributed by atoms with Crippen molar-refractivity contribution in [2.75, 3.05) is 5.32 Å². The summed E-state index contributed by atoms with van der Waals surface area (Å²) in [7, 11) is 0. The molecule has 0 saturated heterocycles. The molecule has 2 aromatic rings. The molecule has 0 heterocycles. The second kappa shape index (κ2) is 6.11. The first-order valence-corrected chi connectivity index (χ1v) is 6.65. The fourth-order valence-electron chi connectivity index (χ4n) is 1.72. The zero-order chi connectivity index (χ0) is 15.6. The van der Waals surface area contributed by atoms with Gasteiger partial charge in [0.25, 0.3) is 11.6 Å². The second-order valence-corrected chi connectivity index (χ2v) is 5.18. The predicted octanol–water partition coefficient (Wildman–Crippen LogP) is 4.46. The van der Waals surface area contributed by atoms with Crippen LogP contribution in [0.3, 0.4) is 0 Å². The summed E-state index contributed by atoms with van der Waals surface area (Å²) in [5.41, 5.74) is 0.896. The van der Waals surface area contributed by atoms with Crippen molar-refractivity contribution in [1.82, 2.24) is 0 Å². The molecule has 2 aromatic carbocycles. The van der Waals surface area contributed by atoms with Crippen molar-refractivity contribution in [2.45, 2.75) is 6.92 Å². The molecular formula is C14H10Cl2N2O3. The van der Waals surface area contributed by atoms with E-state index in [0.717, 1.165) is 5.56 Å². The molecule has 0 radical (unpaired) electrons. The lowest BCUT2D eigenvalue weighted by atomic mass is 10.1. The Kier molecular flexibility index (Phi) is 4.45.